The Morgan fingerprint density at radius 1 is 1.22 bits per heavy atom. The van der Waals surface area contributed by atoms with Crippen LogP contribution in [0.15, 0.2) is 36.4 Å². The van der Waals surface area contributed by atoms with Gasteiger partial charge in [-0.05, 0) is 42.3 Å². The summed E-state index contributed by atoms with van der Waals surface area (Å²) in [5.41, 5.74) is 8.12. The minimum atomic E-state index is -0.449. The minimum Gasteiger partial charge on any atom is -0.487 e. The summed E-state index contributed by atoms with van der Waals surface area (Å²) in [6, 6.07) is 10.1. The van der Waals surface area contributed by atoms with Crippen molar-refractivity contribution in [1.29, 1.82) is 0 Å². The first kappa shape index (κ1) is 12.7. The normalized spacial score (nSPS) is 10.4. The van der Waals surface area contributed by atoms with Crippen molar-refractivity contribution in [2.24, 2.45) is 0 Å². The van der Waals surface area contributed by atoms with E-state index in [9.17, 15) is 4.39 Å². The number of benzene rings is 2. The van der Waals surface area contributed by atoms with E-state index in [0.717, 1.165) is 5.56 Å². The van der Waals surface area contributed by atoms with E-state index in [0.29, 0.717) is 17.0 Å². The first-order valence-electron chi connectivity index (χ1n) is 5.49. The van der Waals surface area contributed by atoms with Gasteiger partial charge in [-0.3, -0.25) is 0 Å². The first-order chi connectivity index (χ1) is 8.56. The van der Waals surface area contributed by atoms with Crippen LogP contribution < -0.4 is 10.5 Å². The maximum atomic E-state index is 13.2. The first-order valence-corrected chi connectivity index (χ1v) is 5.87. The van der Waals surface area contributed by atoms with E-state index in [2.05, 4.69) is 0 Å². The topological polar surface area (TPSA) is 35.2 Å². The molecule has 2 rings (SSSR count). The number of rotatable bonds is 3. The zero-order chi connectivity index (χ0) is 13.1. The monoisotopic (exact) mass is 265 g/mol. The molecule has 0 fully saturated rings. The van der Waals surface area contributed by atoms with Gasteiger partial charge in [0.2, 0.25) is 0 Å². The Labute approximate surface area is 110 Å². The molecule has 0 amide bonds. The van der Waals surface area contributed by atoms with E-state index in [4.69, 9.17) is 22.1 Å². The van der Waals surface area contributed by atoms with Crippen LogP contribution in [0.2, 0.25) is 5.02 Å². The third kappa shape index (κ3) is 2.93. The molecule has 0 unspecified atom stereocenters. The zero-order valence-electron chi connectivity index (χ0n) is 9.91. The fraction of sp³-hybridized carbons (Fsp3) is 0.143. The highest BCUT2D eigenvalue weighted by atomic mass is 35.5. The lowest BCUT2D eigenvalue weighted by molar-refractivity contribution is 0.307. The summed E-state index contributed by atoms with van der Waals surface area (Å²) in [5, 5.41) is 0.105. The molecule has 0 aromatic heterocycles. The molecule has 0 aliphatic heterocycles. The molecule has 2 N–H and O–H groups in total. The Hall–Kier alpha value is -1.74. The lowest BCUT2D eigenvalue weighted by Gasteiger charge is -2.10. The second-order valence-corrected chi connectivity index (χ2v) is 4.49. The Balaban J connectivity index is 2.11. The van der Waals surface area contributed by atoms with E-state index >= 15 is 0 Å². The van der Waals surface area contributed by atoms with Crippen LogP contribution in [0.3, 0.4) is 0 Å². The molecule has 94 valence electrons. The highest BCUT2D eigenvalue weighted by molar-refractivity contribution is 6.30. The van der Waals surface area contributed by atoms with Gasteiger partial charge in [0, 0.05) is 0 Å². The lowest BCUT2D eigenvalue weighted by Crippen LogP contribution is -1.99. The third-order valence-corrected chi connectivity index (χ3v) is 2.85. The number of hydrogen-bond acceptors (Lipinski definition) is 2. The van der Waals surface area contributed by atoms with Gasteiger partial charge < -0.3 is 10.5 Å². The molecule has 0 spiro atoms. The molecule has 2 nitrogen and oxygen atoms in total. The summed E-state index contributed by atoms with van der Waals surface area (Å²) in [7, 11) is 0. The van der Waals surface area contributed by atoms with Gasteiger partial charge in [-0.15, -0.1) is 0 Å². The smallest absolute Gasteiger partial charge is 0.142 e. The van der Waals surface area contributed by atoms with E-state index in [1.807, 2.05) is 19.1 Å². The average molecular weight is 266 g/mol. The number of anilines is 1. The van der Waals surface area contributed by atoms with Gasteiger partial charge >= 0.3 is 0 Å². The Morgan fingerprint density at radius 3 is 2.72 bits per heavy atom. The second-order valence-electron chi connectivity index (χ2n) is 4.08. The van der Waals surface area contributed by atoms with Gasteiger partial charge in [-0.1, -0.05) is 23.7 Å². The minimum absolute atomic E-state index is 0.105. The molecular weight excluding hydrogens is 253 g/mol. The molecule has 0 saturated heterocycles. The van der Waals surface area contributed by atoms with Crippen LogP contribution in [0.1, 0.15) is 11.1 Å². The predicted molar refractivity (Wildman–Crippen MR) is 71.3 cm³/mol. The van der Waals surface area contributed by atoms with Crippen molar-refractivity contribution < 1.29 is 9.13 Å². The van der Waals surface area contributed by atoms with Crippen LogP contribution in [0.4, 0.5) is 10.1 Å². The molecule has 0 radical (unpaired) electrons. The molecule has 0 bridgehead atoms. The summed E-state index contributed by atoms with van der Waals surface area (Å²) >= 11 is 5.61. The average Bonchev–Trinajstić information content (AvgIpc) is 2.34. The van der Waals surface area contributed by atoms with Crippen molar-refractivity contribution >= 4 is 17.3 Å². The largest absolute Gasteiger partial charge is 0.487 e. The van der Waals surface area contributed by atoms with Gasteiger partial charge in [0.25, 0.3) is 0 Å². The van der Waals surface area contributed by atoms with Gasteiger partial charge in [0.05, 0.1) is 10.7 Å². The van der Waals surface area contributed by atoms with E-state index in [1.165, 1.54) is 12.1 Å². The van der Waals surface area contributed by atoms with Crippen molar-refractivity contribution in [3.8, 4) is 5.75 Å². The standard InChI is InChI=1S/C14H13ClFNO/c1-9-2-5-13(17)14(6-9)18-8-10-3-4-11(15)12(16)7-10/h2-7H,8,17H2,1H3. The van der Waals surface area contributed by atoms with E-state index in [1.54, 1.807) is 12.1 Å². The van der Waals surface area contributed by atoms with Crippen LogP contribution in [-0.2, 0) is 6.61 Å². The SMILES string of the molecule is Cc1ccc(N)c(OCc2ccc(Cl)c(F)c2)c1. The maximum Gasteiger partial charge on any atom is 0.142 e. The Kier molecular flexibility index (Phi) is 3.72. The van der Waals surface area contributed by atoms with Crippen LogP contribution in [-0.4, -0.2) is 0 Å². The quantitative estimate of drug-likeness (QED) is 0.853. The Bertz CT molecular complexity index is 572. The molecule has 2 aromatic rings. The number of halogens is 2. The predicted octanol–water partition coefficient (Wildman–Crippen LogP) is 3.95. The molecule has 0 atom stereocenters. The van der Waals surface area contributed by atoms with E-state index in [-0.39, 0.29) is 11.6 Å². The van der Waals surface area contributed by atoms with Gasteiger partial charge in [-0.25, -0.2) is 4.39 Å². The summed E-state index contributed by atoms with van der Waals surface area (Å²) in [6.07, 6.45) is 0. The fourth-order valence-electron chi connectivity index (χ4n) is 1.56. The highest BCUT2D eigenvalue weighted by Gasteiger charge is 2.04. The molecule has 0 aliphatic rings. The zero-order valence-corrected chi connectivity index (χ0v) is 10.7. The fourth-order valence-corrected chi connectivity index (χ4v) is 1.67. The van der Waals surface area contributed by atoms with Crippen molar-refractivity contribution in [1.82, 2.24) is 0 Å². The maximum absolute atomic E-state index is 13.2. The molecule has 18 heavy (non-hydrogen) atoms. The van der Waals surface area contributed by atoms with Crippen LogP contribution in [0.25, 0.3) is 0 Å². The number of nitrogen functional groups attached to an aromatic ring is 1. The highest BCUT2D eigenvalue weighted by Crippen LogP contribution is 2.24. The number of hydrogen-bond donors (Lipinski definition) is 1. The summed E-state index contributed by atoms with van der Waals surface area (Å²) in [6.45, 7) is 2.20. The molecule has 4 heteroatoms. The van der Waals surface area contributed by atoms with Crippen LogP contribution >= 0.6 is 11.6 Å². The summed E-state index contributed by atoms with van der Waals surface area (Å²) in [5.74, 6) is 0.153. The molecule has 2 aromatic carbocycles. The third-order valence-electron chi connectivity index (χ3n) is 2.55. The van der Waals surface area contributed by atoms with E-state index < -0.39 is 5.82 Å². The van der Waals surface area contributed by atoms with Crippen molar-refractivity contribution in [2.45, 2.75) is 13.5 Å². The van der Waals surface area contributed by atoms with Crippen molar-refractivity contribution in [3.05, 3.63) is 58.4 Å². The molecular formula is C14H13ClFNO. The molecule has 0 saturated carbocycles. The number of nitrogens with two attached hydrogens (primary N) is 1. The summed E-state index contributed by atoms with van der Waals surface area (Å²) < 4.78 is 18.8. The lowest BCUT2D eigenvalue weighted by atomic mass is 10.2. The van der Waals surface area contributed by atoms with Gasteiger partial charge in [0.1, 0.15) is 18.2 Å². The van der Waals surface area contributed by atoms with Crippen molar-refractivity contribution in [3.63, 3.8) is 0 Å². The molecule has 0 aliphatic carbocycles. The number of aryl methyl sites for hydroxylation is 1. The van der Waals surface area contributed by atoms with Gasteiger partial charge in [0.15, 0.2) is 0 Å². The summed E-state index contributed by atoms with van der Waals surface area (Å²) in [4.78, 5) is 0. The second kappa shape index (κ2) is 5.27. The van der Waals surface area contributed by atoms with Crippen molar-refractivity contribution in [2.75, 3.05) is 5.73 Å². The van der Waals surface area contributed by atoms with Crippen LogP contribution in [0.5, 0.6) is 5.75 Å². The number of ether oxygens (including phenoxy) is 1. The van der Waals surface area contributed by atoms with Gasteiger partial charge in [-0.2, -0.15) is 0 Å². The molecule has 0 heterocycles. The van der Waals surface area contributed by atoms with Crippen LogP contribution in [0, 0.1) is 12.7 Å². The Morgan fingerprint density at radius 2 is 2.00 bits per heavy atom.